The molecule has 1 aliphatic heterocycles. The maximum absolute atomic E-state index is 5.83. The summed E-state index contributed by atoms with van der Waals surface area (Å²) in [6, 6.07) is 5.82. The summed E-state index contributed by atoms with van der Waals surface area (Å²) in [5.41, 5.74) is 0. The fourth-order valence-corrected chi connectivity index (χ4v) is 3.01. The Balaban J connectivity index is 1.95. The van der Waals surface area contributed by atoms with Crippen LogP contribution < -0.4 is 5.32 Å². The van der Waals surface area contributed by atoms with Crippen LogP contribution in [0.4, 0.5) is 0 Å². The van der Waals surface area contributed by atoms with Crippen LogP contribution in [0.1, 0.15) is 12.8 Å². The summed E-state index contributed by atoms with van der Waals surface area (Å²) in [5, 5.41) is 4.76. The van der Waals surface area contributed by atoms with Gasteiger partial charge in [0.05, 0.1) is 18.1 Å². The van der Waals surface area contributed by atoms with Gasteiger partial charge in [0.25, 0.3) is 0 Å². The van der Waals surface area contributed by atoms with Gasteiger partial charge in [-0.05, 0) is 12.1 Å². The number of piperidine rings is 1. The van der Waals surface area contributed by atoms with Crippen molar-refractivity contribution in [1.29, 1.82) is 0 Å². The second-order valence-corrected chi connectivity index (χ2v) is 5.19. The van der Waals surface area contributed by atoms with E-state index >= 15 is 0 Å². The van der Waals surface area contributed by atoms with Crippen molar-refractivity contribution < 1.29 is 5.32 Å². The van der Waals surface area contributed by atoms with Crippen LogP contribution in [-0.4, -0.2) is 23.3 Å². The molecule has 76 valence electrons. The highest BCUT2D eigenvalue weighted by Crippen LogP contribution is 2.26. The Hall–Kier alpha value is -0.250. The number of quaternary nitrogens is 1. The summed E-state index contributed by atoms with van der Waals surface area (Å²) < 4.78 is 0. The van der Waals surface area contributed by atoms with E-state index in [4.69, 9.17) is 11.6 Å². The number of nitrogens with zero attached hydrogens (tertiary/aromatic N) is 1. The first-order chi connectivity index (χ1) is 6.84. The minimum absolute atomic E-state index is 0.595. The highest BCUT2D eigenvalue weighted by molar-refractivity contribution is 7.99. The first-order valence-corrected chi connectivity index (χ1v) is 6.21. The van der Waals surface area contributed by atoms with Crippen molar-refractivity contribution in [1.82, 2.24) is 4.98 Å². The minimum atomic E-state index is 0.595. The van der Waals surface area contributed by atoms with E-state index in [0.29, 0.717) is 5.15 Å². The molecule has 0 unspecified atom stereocenters. The zero-order valence-corrected chi connectivity index (χ0v) is 9.52. The van der Waals surface area contributed by atoms with Crippen molar-refractivity contribution in [3.63, 3.8) is 0 Å². The SMILES string of the molecule is Clc1cccc(SC2CC[NH2+]CC2)n1. The smallest absolute Gasteiger partial charge is 0.130 e. The largest absolute Gasteiger partial charge is 0.346 e. The average molecular weight is 230 g/mol. The average Bonchev–Trinajstić information content (AvgIpc) is 2.19. The predicted molar refractivity (Wildman–Crippen MR) is 59.8 cm³/mol. The third-order valence-corrected chi connectivity index (χ3v) is 3.85. The zero-order valence-electron chi connectivity index (χ0n) is 7.95. The topological polar surface area (TPSA) is 29.5 Å². The fourth-order valence-electron chi connectivity index (χ4n) is 1.64. The Morgan fingerprint density at radius 3 is 2.86 bits per heavy atom. The van der Waals surface area contributed by atoms with Crippen LogP contribution in [0.5, 0.6) is 0 Å². The van der Waals surface area contributed by atoms with Crippen molar-refractivity contribution in [2.24, 2.45) is 0 Å². The molecule has 0 atom stereocenters. The number of thioether (sulfide) groups is 1. The van der Waals surface area contributed by atoms with E-state index < -0.39 is 0 Å². The summed E-state index contributed by atoms with van der Waals surface area (Å²) >= 11 is 7.70. The van der Waals surface area contributed by atoms with Gasteiger partial charge in [0.1, 0.15) is 5.15 Å². The Labute approximate surface area is 93.4 Å². The molecule has 2 rings (SSSR count). The molecule has 14 heavy (non-hydrogen) atoms. The highest BCUT2D eigenvalue weighted by Gasteiger charge is 2.16. The van der Waals surface area contributed by atoms with Crippen LogP contribution in [0.3, 0.4) is 0 Å². The Kier molecular flexibility index (Phi) is 3.67. The summed E-state index contributed by atoms with van der Waals surface area (Å²) in [4.78, 5) is 4.29. The lowest BCUT2D eigenvalue weighted by molar-refractivity contribution is -0.661. The number of rotatable bonds is 2. The molecule has 0 aromatic carbocycles. The molecule has 1 aliphatic rings. The molecule has 1 aromatic rings. The lowest BCUT2D eigenvalue weighted by atomic mass is 10.2. The Morgan fingerprint density at radius 1 is 1.36 bits per heavy atom. The first-order valence-electron chi connectivity index (χ1n) is 4.95. The van der Waals surface area contributed by atoms with Crippen LogP contribution >= 0.6 is 23.4 Å². The number of nitrogens with two attached hydrogens (primary N) is 1. The van der Waals surface area contributed by atoms with Crippen molar-refractivity contribution in [3.05, 3.63) is 23.4 Å². The van der Waals surface area contributed by atoms with Crippen LogP contribution in [0.25, 0.3) is 0 Å². The van der Waals surface area contributed by atoms with Gasteiger partial charge in [0.15, 0.2) is 0 Å². The van der Waals surface area contributed by atoms with Gasteiger partial charge in [-0.25, -0.2) is 4.98 Å². The molecule has 2 nitrogen and oxygen atoms in total. The number of hydrogen-bond acceptors (Lipinski definition) is 2. The predicted octanol–water partition coefficient (Wildman–Crippen LogP) is 1.55. The lowest BCUT2D eigenvalue weighted by Gasteiger charge is -2.19. The first kappa shape index (κ1) is 10.3. The highest BCUT2D eigenvalue weighted by atomic mass is 35.5. The molecule has 1 saturated heterocycles. The van der Waals surface area contributed by atoms with Gasteiger partial charge >= 0.3 is 0 Å². The van der Waals surface area contributed by atoms with Crippen molar-refractivity contribution >= 4 is 23.4 Å². The maximum atomic E-state index is 5.83. The van der Waals surface area contributed by atoms with Crippen LogP contribution in [-0.2, 0) is 0 Å². The van der Waals surface area contributed by atoms with Crippen LogP contribution in [0.2, 0.25) is 5.15 Å². The molecule has 1 aromatic heterocycles. The van der Waals surface area contributed by atoms with Gasteiger partial charge in [-0.2, -0.15) is 0 Å². The fraction of sp³-hybridized carbons (Fsp3) is 0.500. The summed E-state index contributed by atoms with van der Waals surface area (Å²) in [7, 11) is 0. The van der Waals surface area contributed by atoms with Gasteiger partial charge in [-0.3, -0.25) is 0 Å². The molecular weight excluding hydrogens is 216 g/mol. The second kappa shape index (κ2) is 5.01. The molecule has 4 heteroatoms. The molecule has 0 aliphatic carbocycles. The van der Waals surface area contributed by atoms with Crippen molar-refractivity contribution in [2.75, 3.05) is 13.1 Å². The standard InChI is InChI=1S/C10H13ClN2S/c11-9-2-1-3-10(13-9)14-8-4-6-12-7-5-8/h1-3,8,12H,4-7H2/p+1. The van der Waals surface area contributed by atoms with E-state index in [2.05, 4.69) is 10.3 Å². The summed E-state index contributed by atoms with van der Waals surface area (Å²) in [6.45, 7) is 2.50. The van der Waals surface area contributed by atoms with Gasteiger partial charge in [0, 0.05) is 18.1 Å². The summed E-state index contributed by atoms with van der Waals surface area (Å²) in [5.74, 6) is 0. The van der Waals surface area contributed by atoms with Crippen molar-refractivity contribution in [2.45, 2.75) is 23.1 Å². The monoisotopic (exact) mass is 229 g/mol. The second-order valence-electron chi connectivity index (χ2n) is 3.48. The van der Waals surface area contributed by atoms with E-state index in [1.807, 2.05) is 30.0 Å². The van der Waals surface area contributed by atoms with E-state index in [-0.39, 0.29) is 0 Å². The maximum Gasteiger partial charge on any atom is 0.130 e. The van der Waals surface area contributed by atoms with Crippen LogP contribution in [0, 0.1) is 0 Å². The lowest BCUT2D eigenvalue weighted by Crippen LogP contribution is -2.86. The van der Waals surface area contributed by atoms with Crippen molar-refractivity contribution in [3.8, 4) is 0 Å². The van der Waals surface area contributed by atoms with E-state index in [1.54, 1.807) is 0 Å². The van der Waals surface area contributed by atoms with Gasteiger partial charge < -0.3 is 5.32 Å². The molecule has 0 spiro atoms. The normalized spacial score (nSPS) is 18.4. The van der Waals surface area contributed by atoms with E-state index in [0.717, 1.165) is 10.3 Å². The Morgan fingerprint density at radius 2 is 2.14 bits per heavy atom. The molecule has 1 fully saturated rings. The quantitative estimate of drug-likeness (QED) is 0.780. The summed E-state index contributed by atoms with van der Waals surface area (Å²) in [6.07, 6.45) is 2.55. The van der Waals surface area contributed by atoms with Crippen LogP contribution in [0.15, 0.2) is 23.2 Å². The Bertz CT molecular complexity index is 300. The molecular formula is C10H14ClN2S+. The molecule has 0 saturated carbocycles. The third kappa shape index (κ3) is 2.87. The van der Waals surface area contributed by atoms with Gasteiger partial charge in [-0.1, -0.05) is 17.7 Å². The molecule has 0 radical (unpaired) electrons. The van der Waals surface area contributed by atoms with E-state index in [9.17, 15) is 0 Å². The van der Waals surface area contributed by atoms with Gasteiger partial charge in [-0.15, -0.1) is 11.8 Å². The molecule has 0 bridgehead atoms. The third-order valence-electron chi connectivity index (χ3n) is 2.36. The molecule has 2 N–H and O–H groups in total. The van der Waals surface area contributed by atoms with Gasteiger partial charge in [0.2, 0.25) is 0 Å². The molecule has 0 amide bonds. The number of pyridine rings is 1. The number of aromatic nitrogens is 1. The number of halogens is 1. The molecule has 2 heterocycles. The number of hydrogen-bond donors (Lipinski definition) is 1. The minimum Gasteiger partial charge on any atom is -0.346 e. The van der Waals surface area contributed by atoms with E-state index in [1.165, 1.54) is 25.9 Å². The zero-order chi connectivity index (χ0) is 9.80.